The van der Waals surface area contributed by atoms with E-state index in [1.807, 2.05) is 31.2 Å². The Kier molecular flexibility index (Phi) is 6.19. The van der Waals surface area contributed by atoms with Gasteiger partial charge in [-0.15, -0.1) is 0 Å². The summed E-state index contributed by atoms with van der Waals surface area (Å²) in [6.45, 7) is 2.16. The van der Waals surface area contributed by atoms with E-state index < -0.39 is 10.0 Å². The summed E-state index contributed by atoms with van der Waals surface area (Å²) in [5, 5.41) is 0. The van der Waals surface area contributed by atoms with E-state index in [0.717, 1.165) is 22.4 Å². The van der Waals surface area contributed by atoms with Crippen molar-refractivity contribution in [2.24, 2.45) is 0 Å². The Morgan fingerprint density at radius 3 is 2.36 bits per heavy atom. The molecule has 0 radical (unpaired) electrons. The maximum atomic E-state index is 13.1. The molecule has 6 heteroatoms. The Labute approximate surface area is 165 Å². The van der Waals surface area contributed by atoms with Crippen molar-refractivity contribution in [2.45, 2.75) is 18.4 Å². The van der Waals surface area contributed by atoms with Gasteiger partial charge in [-0.05, 0) is 49.4 Å². The monoisotopic (exact) mass is 395 g/mol. The molecule has 0 saturated heterocycles. The number of furan rings is 1. The second kappa shape index (κ2) is 8.79. The van der Waals surface area contributed by atoms with Crippen molar-refractivity contribution in [1.29, 1.82) is 0 Å². The molecule has 0 amide bonds. The van der Waals surface area contributed by atoms with Crippen LogP contribution in [0.15, 0.2) is 76.4 Å². The lowest BCUT2D eigenvalue weighted by atomic mass is 10.2. The smallest absolute Gasteiger partial charge is 0.244 e. The topological polar surface area (TPSA) is 59.8 Å². The molecule has 0 bridgehead atoms. The fourth-order valence-corrected chi connectivity index (χ4v) is 3.91. The van der Waals surface area contributed by atoms with Gasteiger partial charge < -0.3 is 9.15 Å². The third-order valence-electron chi connectivity index (χ3n) is 4.18. The van der Waals surface area contributed by atoms with Gasteiger partial charge in [0.15, 0.2) is 0 Å². The van der Waals surface area contributed by atoms with Crippen molar-refractivity contribution in [3.63, 3.8) is 0 Å². The summed E-state index contributed by atoms with van der Waals surface area (Å²) in [5.41, 5.74) is 2.55. The van der Waals surface area contributed by atoms with Gasteiger partial charge in [0, 0.05) is 17.7 Å². The van der Waals surface area contributed by atoms with Crippen LogP contribution in [0.4, 0.5) is 0 Å². The van der Waals surface area contributed by atoms with E-state index in [-0.39, 0.29) is 18.0 Å². The highest BCUT2D eigenvalue weighted by molar-refractivity contribution is 7.89. The van der Waals surface area contributed by atoms with E-state index in [4.69, 9.17) is 9.15 Å². The molecular weight excluding hydrogens is 374 g/mol. The van der Waals surface area contributed by atoms with Crippen molar-refractivity contribution in [3.8, 4) is 17.6 Å². The Morgan fingerprint density at radius 1 is 1.04 bits per heavy atom. The minimum atomic E-state index is -3.69. The summed E-state index contributed by atoms with van der Waals surface area (Å²) in [6.07, 6.45) is 3.06. The van der Waals surface area contributed by atoms with Gasteiger partial charge in [-0.2, -0.15) is 4.31 Å². The van der Waals surface area contributed by atoms with Crippen molar-refractivity contribution < 1.29 is 17.6 Å². The van der Waals surface area contributed by atoms with Gasteiger partial charge >= 0.3 is 0 Å². The fourth-order valence-electron chi connectivity index (χ4n) is 2.58. The van der Waals surface area contributed by atoms with Crippen LogP contribution in [0, 0.1) is 18.8 Å². The molecule has 0 N–H and O–H groups in total. The number of aryl methyl sites for hydroxylation is 1. The Balaban J connectivity index is 1.84. The molecule has 0 fully saturated rings. The molecule has 3 rings (SSSR count). The van der Waals surface area contributed by atoms with Gasteiger partial charge in [-0.3, -0.25) is 0 Å². The first kappa shape index (κ1) is 19.7. The number of benzene rings is 2. The molecule has 1 heterocycles. The fraction of sp³-hybridized carbons (Fsp3) is 0.182. The molecule has 0 unspecified atom stereocenters. The van der Waals surface area contributed by atoms with Crippen LogP contribution in [0.1, 0.15) is 16.7 Å². The van der Waals surface area contributed by atoms with Gasteiger partial charge in [-0.25, -0.2) is 8.42 Å². The lowest BCUT2D eigenvalue weighted by Gasteiger charge is -2.19. The average Bonchev–Trinajstić information content (AvgIpc) is 3.21. The standard InChI is InChI=1S/C22H21NO4S/c1-18-5-11-22(12-6-18)28(24,25)23(16-20-13-15-27-17-20)14-3-4-19-7-9-21(26-2)10-8-19/h5-13,15,17H,14,16H2,1-2H3. The minimum absolute atomic E-state index is 0.0629. The number of methoxy groups -OCH3 is 1. The molecule has 1 aromatic heterocycles. The molecule has 5 nitrogen and oxygen atoms in total. The van der Waals surface area contributed by atoms with Crippen LogP contribution in [0.25, 0.3) is 0 Å². The van der Waals surface area contributed by atoms with E-state index in [1.54, 1.807) is 37.4 Å². The molecule has 0 saturated carbocycles. The van der Waals surface area contributed by atoms with Crippen molar-refractivity contribution >= 4 is 10.0 Å². The largest absolute Gasteiger partial charge is 0.497 e. The van der Waals surface area contributed by atoms with E-state index >= 15 is 0 Å². The predicted octanol–water partition coefficient (Wildman–Crippen LogP) is 3.84. The van der Waals surface area contributed by atoms with Crippen molar-refractivity contribution in [1.82, 2.24) is 4.31 Å². The SMILES string of the molecule is COc1ccc(C#CCN(Cc2ccoc2)S(=O)(=O)c2ccc(C)cc2)cc1. The summed E-state index contributed by atoms with van der Waals surface area (Å²) in [7, 11) is -2.09. The van der Waals surface area contributed by atoms with Crippen LogP contribution in [0.5, 0.6) is 5.75 Å². The van der Waals surface area contributed by atoms with Gasteiger partial charge in [0.05, 0.1) is 31.1 Å². The van der Waals surface area contributed by atoms with E-state index in [1.165, 1.54) is 16.8 Å². The molecule has 0 aliphatic rings. The number of nitrogens with zero attached hydrogens (tertiary/aromatic N) is 1. The van der Waals surface area contributed by atoms with Crippen molar-refractivity contribution in [3.05, 3.63) is 83.8 Å². The lowest BCUT2D eigenvalue weighted by Crippen LogP contribution is -2.31. The zero-order valence-electron chi connectivity index (χ0n) is 15.8. The normalized spacial score (nSPS) is 11.1. The zero-order chi connectivity index (χ0) is 20.0. The predicted molar refractivity (Wildman–Crippen MR) is 107 cm³/mol. The molecule has 3 aromatic rings. The minimum Gasteiger partial charge on any atom is -0.497 e. The highest BCUT2D eigenvalue weighted by Gasteiger charge is 2.24. The second-order valence-corrected chi connectivity index (χ2v) is 8.19. The summed E-state index contributed by atoms with van der Waals surface area (Å²) >= 11 is 0. The first-order valence-corrected chi connectivity index (χ1v) is 10.1. The molecular formula is C22H21NO4S. The maximum Gasteiger partial charge on any atom is 0.244 e. The Morgan fingerprint density at radius 2 is 1.75 bits per heavy atom. The molecule has 28 heavy (non-hydrogen) atoms. The number of ether oxygens (including phenoxy) is 1. The number of sulfonamides is 1. The quantitative estimate of drug-likeness (QED) is 0.595. The lowest BCUT2D eigenvalue weighted by molar-refractivity contribution is 0.415. The summed E-state index contributed by atoms with van der Waals surface area (Å²) in [4.78, 5) is 0.243. The van der Waals surface area contributed by atoms with Crippen molar-refractivity contribution in [2.75, 3.05) is 13.7 Å². The molecule has 0 aliphatic heterocycles. The molecule has 0 spiro atoms. The highest BCUT2D eigenvalue weighted by atomic mass is 32.2. The third kappa shape index (κ3) is 4.83. The maximum absolute atomic E-state index is 13.1. The average molecular weight is 395 g/mol. The number of hydrogen-bond acceptors (Lipinski definition) is 4. The first-order chi connectivity index (χ1) is 13.5. The van der Waals surface area contributed by atoms with Gasteiger partial charge in [0.1, 0.15) is 5.75 Å². The molecule has 0 atom stereocenters. The van der Waals surface area contributed by atoms with Crippen LogP contribution in [0.2, 0.25) is 0 Å². The van der Waals surface area contributed by atoms with Gasteiger partial charge in [0.2, 0.25) is 10.0 Å². The third-order valence-corrected chi connectivity index (χ3v) is 5.98. The van der Waals surface area contributed by atoms with Crippen LogP contribution >= 0.6 is 0 Å². The Hall–Kier alpha value is -3.01. The summed E-state index contributed by atoms with van der Waals surface area (Å²) in [5.74, 6) is 6.71. The molecule has 0 aliphatic carbocycles. The molecule has 2 aromatic carbocycles. The summed E-state index contributed by atoms with van der Waals surface area (Å²) < 4.78 is 37.8. The van der Waals surface area contributed by atoms with Crippen LogP contribution in [-0.4, -0.2) is 26.4 Å². The Bertz CT molecular complexity index is 1060. The van der Waals surface area contributed by atoms with Crippen LogP contribution in [0.3, 0.4) is 0 Å². The highest BCUT2D eigenvalue weighted by Crippen LogP contribution is 2.19. The van der Waals surface area contributed by atoms with E-state index in [9.17, 15) is 8.42 Å². The van der Waals surface area contributed by atoms with E-state index in [0.29, 0.717) is 0 Å². The van der Waals surface area contributed by atoms with Crippen LogP contribution < -0.4 is 4.74 Å². The second-order valence-electron chi connectivity index (χ2n) is 6.25. The first-order valence-electron chi connectivity index (χ1n) is 8.70. The van der Waals surface area contributed by atoms with Crippen LogP contribution in [-0.2, 0) is 16.6 Å². The molecule has 144 valence electrons. The number of rotatable bonds is 6. The summed E-state index contributed by atoms with van der Waals surface area (Å²) in [6, 6.07) is 15.8. The zero-order valence-corrected chi connectivity index (χ0v) is 16.6. The van der Waals surface area contributed by atoms with E-state index in [2.05, 4.69) is 11.8 Å². The van der Waals surface area contributed by atoms with Gasteiger partial charge in [-0.1, -0.05) is 29.5 Å². The number of hydrogen-bond donors (Lipinski definition) is 0. The van der Waals surface area contributed by atoms with Gasteiger partial charge in [0.25, 0.3) is 0 Å².